The molecule has 0 unspecified atom stereocenters. The SMILES string of the molecule is C[C@@H]1CC[C@@]2(OC1)O[C@H]1C[C@H]3[C@@H]4CC[C@H]5C[C@@H](O)CC[C@]5(C)[C@H]4C/C(=N\NC(=O)Nc4ccc(Cl)cc4)[C@]3(C)[C@H]1[C@@H]2C. The molecule has 2 amide bonds. The van der Waals surface area contributed by atoms with Gasteiger partial charge in [0.05, 0.1) is 18.8 Å². The van der Waals surface area contributed by atoms with Crippen molar-refractivity contribution in [3.63, 3.8) is 0 Å². The number of urea groups is 1. The highest BCUT2D eigenvalue weighted by molar-refractivity contribution is 6.30. The summed E-state index contributed by atoms with van der Waals surface area (Å²) >= 11 is 6.04. The fourth-order valence-corrected chi connectivity index (χ4v) is 11.1. The fourth-order valence-electron chi connectivity index (χ4n) is 10.9. The van der Waals surface area contributed by atoms with Crippen LogP contribution >= 0.6 is 11.6 Å². The lowest BCUT2D eigenvalue weighted by Gasteiger charge is -2.61. The Labute approximate surface area is 255 Å². The summed E-state index contributed by atoms with van der Waals surface area (Å²) in [5.74, 6) is 2.73. The molecule has 3 N–H and O–H groups in total. The molecule has 0 bridgehead atoms. The molecule has 1 aromatic carbocycles. The zero-order chi connectivity index (χ0) is 29.4. The largest absolute Gasteiger partial charge is 0.393 e. The van der Waals surface area contributed by atoms with Gasteiger partial charge in [-0.2, -0.15) is 5.10 Å². The molecule has 2 aliphatic heterocycles. The van der Waals surface area contributed by atoms with E-state index >= 15 is 0 Å². The quantitative estimate of drug-likeness (QED) is 0.313. The fraction of sp³-hybridized carbons (Fsp3) is 0.765. The van der Waals surface area contributed by atoms with Gasteiger partial charge in [-0.3, -0.25) is 0 Å². The first-order chi connectivity index (χ1) is 20.0. The molecule has 6 aliphatic rings. The van der Waals surface area contributed by atoms with Gasteiger partial charge in [-0.05, 0) is 111 Å². The van der Waals surface area contributed by atoms with E-state index in [1.807, 2.05) is 0 Å². The third kappa shape index (κ3) is 4.47. The molecule has 0 aromatic heterocycles. The molecule has 2 saturated heterocycles. The molecule has 6 fully saturated rings. The van der Waals surface area contributed by atoms with E-state index in [1.165, 1.54) is 12.8 Å². The molecule has 7 rings (SSSR count). The number of aliphatic hydroxyl groups excluding tert-OH is 1. The lowest BCUT2D eigenvalue weighted by atomic mass is 9.44. The number of aliphatic hydroxyl groups is 1. The predicted molar refractivity (Wildman–Crippen MR) is 164 cm³/mol. The first kappa shape index (κ1) is 29.1. The van der Waals surface area contributed by atoms with Gasteiger partial charge >= 0.3 is 6.03 Å². The number of nitrogens with zero attached hydrogens (tertiary/aromatic N) is 1. The van der Waals surface area contributed by atoms with Crippen molar-refractivity contribution in [2.75, 3.05) is 11.9 Å². The standard InChI is InChI=1S/C34H48ClN3O4/c1-19-11-14-34(41-18-19)20(2)30-28(42-34)16-27-25-10-5-21-15-24(39)12-13-32(21,3)26(25)17-29(33(27,30)4)37-38-31(40)36-23-8-6-22(35)7-9-23/h6-9,19-21,24-28,30,39H,5,10-18H2,1-4H3,(H2,36,38,40)/b37-29+/t19-,20+,21+,24+,25-,26+,27+,28+,30+,32+,33-,34-/m1/s1. The minimum Gasteiger partial charge on any atom is -0.393 e. The van der Waals surface area contributed by atoms with Crippen LogP contribution in [-0.4, -0.2) is 41.5 Å². The topological polar surface area (TPSA) is 92.2 Å². The monoisotopic (exact) mass is 597 g/mol. The van der Waals surface area contributed by atoms with Gasteiger partial charge in [-0.15, -0.1) is 0 Å². The summed E-state index contributed by atoms with van der Waals surface area (Å²) in [6, 6.07) is 6.78. The molecule has 1 aromatic rings. The molecule has 7 nitrogen and oxygen atoms in total. The van der Waals surface area contributed by atoms with Crippen LogP contribution in [0.4, 0.5) is 10.5 Å². The number of halogens is 1. The molecule has 8 heteroatoms. The average molecular weight is 598 g/mol. The summed E-state index contributed by atoms with van der Waals surface area (Å²) < 4.78 is 13.5. The second-order valence-electron chi connectivity index (χ2n) is 15.2. The van der Waals surface area contributed by atoms with Gasteiger partial charge in [0, 0.05) is 40.1 Å². The normalized spacial score (nSPS) is 48.7. The Morgan fingerprint density at radius 1 is 1.05 bits per heavy atom. The number of anilines is 1. The van der Waals surface area contributed by atoms with Crippen LogP contribution in [0.5, 0.6) is 0 Å². The number of hydrogen-bond acceptors (Lipinski definition) is 5. The van der Waals surface area contributed by atoms with E-state index in [-0.39, 0.29) is 35.0 Å². The number of carbonyl (C=O) groups is 1. The Morgan fingerprint density at radius 2 is 1.83 bits per heavy atom. The highest BCUT2D eigenvalue weighted by Crippen LogP contribution is 2.70. The summed E-state index contributed by atoms with van der Waals surface area (Å²) in [6.07, 6.45) is 9.26. The number of nitrogens with one attached hydrogen (secondary N) is 2. The Balaban J connectivity index is 1.21. The van der Waals surface area contributed by atoms with Crippen molar-refractivity contribution in [1.29, 1.82) is 0 Å². The molecule has 0 radical (unpaired) electrons. The van der Waals surface area contributed by atoms with Gasteiger partial charge in [0.15, 0.2) is 5.79 Å². The van der Waals surface area contributed by atoms with Crippen LogP contribution in [0.3, 0.4) is 0 Å². The number of fused-ring (bicyclic) bond motifs is 7. The second kappa shape index (κ2) is 10.5. The molecular formula is C34H48ClN3O4. The van der Waals surface area contributed by atoms with Crippen molar-refractivity contribution in [3.05, 3.63) is 29.3 Å². The maximum Gasteiger partial charge on any atom is 0.339 e. The minimum atomic E-state index is -0.500. The first-order valence-corrected chi connectivity index (χ1v) is 16.8. The highest BCUT2D eigenvalue weighted by atomic mass is 35.5. The van der Waals surface area contributed by atoms with Crippen molar-refractivity contribution in [2.24, 2.45) is 57.4 Å². The van der Waals surface area contributed by atoms with Crippen molar-refractivity contribution in [3.8, 4) is 0 Å². The van der Waals surface area contributed by atoms with Crippen molar-refractivity contribution >= 4 is 29.0 Å². The molecule has 4 saturated carbocycles. The van der Waals surface area contributed by atoms with Gasteiger partial charge < -0.3 is 19.9 Å². The van der Waals surface area contributed by atoms with Gasteiger partial charge in [-0.25, -0.2) is 10.2 Å². The molecule has 4 aliphatic carbocycles. The molecule has 12 atom stereocenters. The summed E-state index contributed by atoms with van der Waals surface area (Å²) in [5.41, 5.74) is 4.72. The van der Waals surface area contributed by atoms with E-state index in [0.29, 0.717) is 46.2 Å². The van der Waals surface area contributed by atoms with E-state index in [2.05, 4.69) is 38.4 Å². The van der Waals surface area contributed by atoms with Crippen molar-refractivity contribution < 1.29 is 19.4 Å². The molecule has 230 valence electrons. The van der Waals surface area contributed by atoms with Gasteiger partial charge in [0.25, 0.3) is 0 Å². The Kier molecular flexibility index (Phi) is 7.24. The lowest BCUT2D eigenvalue weighted by Crippen LogP contribution is -2.58. The Hall–Kier alpha value is -1.67. The minimum absolute atomic E-state index is 0.147. The number of amides is 2. The second-order valence-corrected chi connectivity index (χ2v) is 15.6. The number of benzene rings is 1. The summed E-state index contributed by atoms with van der Waals surface area (Å²) in [6.45, 7) is 10.3. The molecule has 42 heavy (non-hydrogen) atoms. The van der Waals surface area contributed by atoms with Crippen LogP contribution in [0.15, 0.2) is 29.4 Å². The first-order valence-electron chi connectivity index (χ1n) is 16.4. The van der Waals surface area contributed by atoms with Crippen molar-refractivity contribution in [2.45, 2.75) is 103 Å². The lowest BCUT2D eigenvalue weighted by molar-refractivity contribution is -0.272. The third-order valence-electron chi connectivity index (χ3n) is 13.2. The van der Waals surface area contributed by atoms with E-state index in [0.717, 1.165) is 57.3 Å². The van der Waals surface area contributed by atoms with Crippen molar-refractivity contribution in [1.82, 2.24) is 5.43 Å². The van der Waals surface area contributed by atoms with Crippen LogP contribution in [0, 0.1) is 52.3 Å². The average Bonchev–Trinajstić information content (AvgIpc) is 3.41. The summed E-state index contributed by atoms with van der Waals surface area (Å²) in [7, 11) is 0. The van der Waals surface area contributed by atoms with Crippen LogP contribution in [-0.2, 0) is 9.47 Å². The Morgan fingerprint density at radius 3 is 2.57 bits per heavy atom. The van der Waals surface area contributed by atoms with Gasteiger partial charge in [0.2, 0.25) is 0 Å². The molecule has 1 spiro atoms. The summed E-state index contributed by atoms with van der Waals surface area (Å²) in [4.78, 5) is 13.1. The number of hydrogen-bond donors (Lipinski definition) is 3. The molecule has 2 heterocycles. The number of rotatable bonds is 2. The van der Waals surface area contributed by atoms with Gasteiger partial charge in [0.1, 0.15) is 0 Å². The van der Waals surface area contributed by atoms with E-state index in [1.54, 1.807) is 24.3 Å². The van der Waals surface area contributed by atoms with E-state index in [4.69, 9.17) is 26.2 Å². The van der Waals surface area contributed by atoms with Crippen LogP contribution in [0.25, 0.3) is 0 Å². The Bertz CT molecular complexity index is 1230. The van der Waals surface area contributed by atoms with Crippen LogP contribution < -0.4 is 10.7 Å². The van der Waals surface area contributed by atoms with E-state index in [9.17, 15) is 9.90 Å². The number of carbonyl (C=O) groups excluding carboxylic acids is 1. The van der Waals surface area contributed by atoms with E-state index < -0.39 is 5.79 Å². The smallest absolute Gasteiger partial charge is 0.339 e. The summed E-state index contributed by atoms with van der Waals surface area (Å²) in [5, 5.41) is 19.1. The maximum atomic E-state index is 13.1. The zero-order valence-corrected chi connectivity index (χ0v) is 26.3. The number of hydrazone groups is 1. The predicted octanol–water partition coefficient (Wildman–Crippen LogP) is 7.23. The van der Waals surface area contributed by atoms with Crippen LogP contribution in [0.1, 0.15) is 85.5 Å². The third-order valence-corrected chi connectivity index (χ3v) is 13.4. The molecular weight excluding hydrogens is 550 g/mol. The zero-order valence-electron chi connectivity index (χ0n) is 25.6. The number of ether oxygens (including phenoxy) is 2. The van der Waals surface area contributed by atoms with Crippen LogP contribution in [0.2, 0.25) is 5.02 Å². The van der Waals surface area contributed by atoms with Gasteiger partial charge in [-0.1, -0.05) is 39.3 Å². The highest BCUT2D eigenvalue weighted by Gasteiger charge is 2.71. The maximum absolute atomic E-state index is 13.1.